The number of fused-ring (bicyclic) bond motifs is 1. The molecule has 0 saturated carbocycles. The Morgan fingerprint density at radius 2 is 1.91 bits per heavy atom. The van der Waals surface area contributed by atoms with Crippen LogP contribution in [0.15, 0.2) is 42.7 Å². The van der Waals surface area contributed by atoms with Gasteiger partial charge in [0.1, 0.15) is 12.1 Å². The molecular weight excluding hydrogens is 304 g/mol. The van der Waals surface area contributed by atoms with E-state index in [9.17, 15) is 18.7 Å². The van der Waals surface area contributed by atoms with Crippen LogP contribution in [0.4, 0.5) is 14.6 Å². The molecule has 0 atom stereocenters. The second-order valence-electron chi connectivity index (χ2n) is 4.80. The van der Waals surface area contributed by atoms with Gasteiger partial charge in [0.15, 0.2) is 11.6 Å². The van der Waals surface area contributed by atoms with Crippen molar-refractivity contribution in [1.82, 2.24) is 9.97 Å². The van der Waals surface area contributed by atoms with Gasteiger partial charge < -0.3 is 10.4 Å². The van der Waals surface area contributed by atoms with Crippen LogP contribution in [0.25, 0.3) is 10.9 Å². The van der Waals surface area contributed by atoms with E-state index in [4.69, 9.17) is 0 Å². The first-order valence-corrected chi connectivity index (χ1v) is 6.71. The minimum absolute atomic E-state index is 0.00695. The van der Waals surface area contributed by atoms with Crippen LogP contribution in [0.5, 0.6) is 0 Å². The van der Waals surface area contributed by atoms with Crippen molar-refractivity contribution in [3.8, 4) is 0 Å². The highest BCUT2D eigenvalue weighted by Crippen LogP contribution is 2.23. The van der Waals surface area contributed by atoms with Crippen LogP contribution in [0.1, 0.15) is 15.9 Å². The van der Waals surface area contributed by atoms with Crippen LogP contribution in [0, 0.1) is 11.6 Å². The van der Waals surface area contributed by atoms with Crippen molar-refractivity contribution < 1.29 is 18.7 Å². The Kier molecular flexibility index (Phi) is 3.84. The van der Waals surface area contributed by atoms with Crippen LogP contribution >= 0.6 is 0 Å². The summed E-state index contributed by atoms with van der Waals surface area (Å²) >= 11 is 0. The van der Waals surface area contributed by atoms with Gasteiger partial charge in [0, 0.05) is 17.5 Å². The fraction of sp³-hybridized carbons (Fsp3) is 0.0625. The molecule has 7 heteroatoms. The molecule has 2 aromatic carbocycles. The maximum Gasteiger partial charge on any atom is 0.337 e. The van der Waals surface area contributed by atoms with E-state index in [0.717, 1.165) is 6.07 Å². The Morgan fingerprint density at radius 3 is 2.70 bits per heavy atom. The number of nitrogens with zero attached hydrogens (tertiary/aromatic N) is 2. The van der Waals surface area contributed by atoms with Gasteiger partial charge in [-0.3, -0.25) is 0 Å². The van der Waals surface area contributed by atoms with E-state index in [1.807, 2.05) is 0 Å². The lowest BCUT2D eigenvalue weighted by Gasteiger charge is -2.10. The van der Waals surface area contributed by atoms with Gasteiger partial charge in [-0.1, -0.05) is 18.2 Å². The van der Waals surface area contributed by atoms with Crippen LogP contribution in [-0.2, 0) is 6.54 Å². The molecule has 0 bridgehead atoms. The van der Waals surface area contributed by atoms with Gasteiger partial charge in [0.05, 0.1) is 11.1 Å². The molecule has 0 aliphatic rings. The molecule has 5 nitrogen and oxygen atoms in total. The Bertz CT molecular complexity index is 900. The van der Waals surface area contributed by atoms with Gasteiger partial charge in [-0.2, -0.15) is 0 Å². The van der Waals surface area contributed by atoms with Crippen molar-refractivity contribution in [3.63, 3.8) is 0 Å². The number of aromatic nitrogens is 2. The third-order valence-corrected chi connectivity index (χ3v) is 3.37. The Labute approximate surface area is 129 Å². The highest BCUT2D eigenvalue weighted by Gasteiger charge is 2.13. The molecular formula is C16H11F2N3O2. The zero-order chi connectivity index (χ0) is 16.4. The maximum absolute atomic E-state index is 13.7. The lowest BCUT2D eigenvalue weighted by Crippen LogP contribution is -2.06. The molecule has 2 N–H and O–H groups in total. The normalized spacial score (nSPS) is 10.7. The lowest BCUT2D eigenvalue weighted by atomic mass is 10.1. The standard InChI is InChI=1S/C16H11F2N3O2/c17-12-6-1-3-9(13(12)18)7-19-15-10-4-2-5-11(16(22)23)14(10)20-8-21-15/h1-6,8H,7H2,(H,22,23)(H,19,20,21). The van der Waals surface area contributed by atoms with Gasteiger partial charge in [-0.25, -0.2) is 23.5 Å². The minimum atomic E-state index is -1.10. The Balaban J connectivity index is 1.96. The van der Waals surface area contributed by atoms with E-state index < -0.39 is 17.6 Å². The topological polar surface area (TPSA) is 75.1 Å². The lowest BCUT2D eigenvalue weighted by molar-refractivity contribution is 0.0699. The third kappa shape index (κ3) is 2.80. The van der Waals surface area contributed by atoms with Crippen LogP contribution in [-0.4, -0.2) is 21.0 Å². The maximum atomic E-state index is 13.7. The second-order valence-corrected chi connectivity index (χ2v) is 4.80. The highest BCUT2D eigenvalue weighted by molar-refractivity contribution is 6.04. The first-order chi connectivity index (χ1) is 11.1. The summed E-state index contributed by atoms with van der Waals surface area (Å²) in [6.07, 6.45) is 1.22. The summed E-state index contributed by atoms with van der Waals surface area (Å²) < 4.78 is 26.9. The average molecular weight is 315 g/mol. The largest absolute Gasteiger partial charge is 0.478 e. The number of hydrogen-bond acceptors (Lipinski definition) is 4. The smallest absolute Gasteiger partial charge is 0.337 e. The summed E-state index contributed by atoms with van der Waals surface area (Å²) in [7, 11) is 0. The fourth-order valence-corrected chi connectivity index (χ4v) is 2.26. The highest BCUT2D eigenvalue weighted by atomic mass is 19.2. The molecule has 1 aromatic heterocycles. The SMILES string of the molecule is O=C(O)c1cccc2c(NCc3cccc(F)c3F)ncnc12. The molecule has 3 rings (SSSR count). The number of carboxylic acids is 1. The molecule has 0 aliphatic carbocycles. The van der Waals surface area contributed by atoms with Crippen molar-refractivity contribution in [2.75, 3.05) is 5.32 Å². The minimum Gasteiger partial charge on any atom is -0.478 e. The van der Waals surface area contributed by atoms with Gasteiger partial charge in [-0.05, 0) is 18.2 Å². The summed E-state index contributed by atoms with van der Waals surface area (Å²) in [6, 6.07) is 8.58. The van der Waals surface area contributed by atoms with E-state index in [1.54, 1.807) is 12.1 Å². The summed E-state index contributed by atoms with van der Waals surface area (Å²) in [5.41, 5.74) is 0.466. The molecule has 116 valence electrons. The quantitative estimate of drug-likeness (QED) is 0.773. The van der Waals surface area contributed by atoms with Crippen molar-refractivity contribution in [2.24, 2.45) is 0 Å². The molecule has 3 aromatic rings. The second kappa shape index (κ2) is 5.96. The first-order valence-electron chi connectivity index (χ1n) is 6.71. The Morgan fingerprint density at radius 1 is 1.13 bits per heavy atom. The number of carbonyl (C=O) groups is 1. The van der Waals surface area contributed by atoms with Crippen molar-refractivity contribution in [2.45, 2.75) is 6.54 Å². The predicted molar refractivity (Wildman–Crippen MR) is 80.2 cm³/mol. The first kappa shape index (κ1) is 14.8. The number of carboxylic acid groups (broad SMARTS) is 1. The summed E-state index contributed by atoms with van der Waals surface area (Å²) in [6.45, 7) is 0.00695. The van der Waals surface area contributed by atoms with E-state index in [0.29, 0.717) is 11.2 Å². The van der Waals surface area contributed by atoms with Gasteiger partial charge >= 0.3 is 5.97 Å². The molecule has 0 unspecified atom stereocenters. The number of nitrogens with one attached hydrogen (secondary N) is 1. The van der Waals surface area contributed by atoms with Crippen LogP contribution in [0.3, 0.4) is 0 Å². The fourth-order valence-electron chi connectivity index (χ4n) is 2.26. The summed E-state index contributed by atoms with van der Waals surface area (Å²) in [5.74, 6) is -2.60. The Hall–Kier alpha value is -3.09. The van der Waals surface area contributed by atoms with E-state index >= 15 is 0 Å². The van der Waals surface area contributed by atoms with E-state index in [-0.39, 0.29) is 23.2 Å². The van der Waals surface area contributed by atoms with E-state index in [2.05, 4.69) is 15.3 Å². The summed E-state index contributed by atoms with van der Waals surface area (Å²) in [4.78, 5) is 19.2. The number of anilines is 1. The monoisotopic (exact) mass is 315 g/mol. The number of hydrogen-bond donors (Lipinski definition) is 2. The molecule has 0 aliphatic heterocycles. The predicted octanol–water partition coefficient (Wildman–Crippen LogP) is 3.22. The average Bonchev–Trinajstić information content (AvgIpc) is 2.55. The zero-order valence-electron chi connectivity index (χ0n) is 11.8. The molecule has 0 saturated heterocycles. The number of halogens is 2. The van der Waals surface area contributed by atoms with Crippen molar-refractivity contribution in [1.29, 1.82) is 0 Å². The molecule has 0 radical (unpaired) electrons. The molecule has 0 fully saturated rings. The number of aromatic carboxylic acids is 1. The number of rotatable bonds is 4. The van der Waals surface area contributed by atoms with E-state index in [1.165, 1.54) is 24.5 Å². The van der Waals surface area contributed by atoms with Gasteiger partial charge in [0.25, 0.3) is 0 Å². The molecule has 23 heavy (non-hydrogen) atoms. The zero-order valence-corrected chi connectivity index (χ0v) is 11.8. The number of para-hydroxylation sites is 1. The van der Waals surface area contributed by atoms with Crippen LogP contribution < -0.4 is 5.32 Å². The third-order valence-electron chi connectivity index (χ3n) is 3.37. The van der Waals surface area contributed by atoms with Crippen molar-refractivity contribution >= 4 is 22.7 Å². The molecule has 1 heterocycles. The summed E-state index contributed by atoms with van der Waals surface area (Å²) in [5, 5.41) is 12.6. The van der Waals surface area contributed by atoms with Crippen molar-refractivity contribution in [3.05, 3.63) is 65.5 Å². The van der Waals surface area contributed by atoms with Gasteiger partial charge in [0.2, 0.25) is 0 Å². The number of benzene rings is 2. The molecule has 0 spiro atoms. The van der Waals surface area contributed by atoms with Crippen LogP contribution in [0.2, 0.25) is 0 Å². The molecule has 0 amide bonds. The van der Waals surface area contributed by atoms with Gasteiger partial charge in [-0.15, -0.1) is 0 Å².